The van der Waals surface area contributed by atoms with Crippen molar-refractivity contribution in [3.63, 3.8) is 0 Å². The molecule has 0 aliphatic rings. The molecule has 0 amide bonds. The molecule has 0 saturated carbocycles. The number of hydrogen-bond acceptors (Lipinski definition) is 3. The van der Waals surface area contributed by atoms with E-state index < -0.39 is 15.9 Å². The zero-order chi connectivity index (χ0) is 11.5. The van der Waals surface area contributed by atoms with E-state index >= 15 is 0 Å². The minimum Gasteiger partial charge on any atom is -0.323 e. The summed E-state index contributed by atoms with van der Waals surface area (Å²) in [5, 5.41) is 0.567. The van der Waals surface area contributed by atoms with Crippen molar-refractivity contribution >= 4 is 21.4 Å². The van der Waals surface area contributed by atoms with Crippen LogP contribution in [0.5, 0.6) is 0 Å². The summed E-state index contributed by atoms with van der Waals surface area (Å²) in [4.78, 5) is 0. The maximum Gasteiger partial charge on any atom is 0.151 e. The molecule has 0 aliphatic carbocycles. The van der Waals surface area contributed by atoms with Gasteiger partial charge in [-0.25, -0.2) is 8.42 Å². The Kier molecular flexibility index (Phi) is 4.13. The predicted octanol–water partition coefficient (Wildman–Crippen LogP) is 1.77. The van der Waals surface area contributed by atoms with E-state index in [1.165, 1.54) is 0 Å². The molecule has 1 aromatic carbocycles. The summed E-state index contributed by atoms with van der Waals surface area (Å²) in [6.45, 7) is 1.61. The zero-order valence-corrected chi connectivity index (χ0v) is 10.1. The van der Waals surface area contributed by atoms with Crippen LogP contribution < -0.4 is 5.73 Å². The molecule has 0 unspecified atom stereocenters. The highest BCUT2D eigenvalue weighted by molar-refractivity contribution is 7.91. The summed E-state index contributed by atoms with van der Waals surface area (Å²) in [5.41, 5.74) is 6.54. The lowest BCUT2D eigenvalue weighted by atomic mass is 10.1. The molecule has 3 nitrogen and oxygen atoms in total. The van der Waals surface area contributed by atoms with Crippen molar-refractivity contribution in [1.29, 1.82) is 0 Å². The van der Waals surface area contributed by atoms with Crippen LogP contribution in [0, 0.1) is 0 Å². The molecule has 0 aromatic heterocycles. The molecule has 0 bridgehead atoms. The number of halogens is 1. The number of sulfone groups is 1. The summed E-state index contributed by atoms with van der Waals surface area (Å²) in [6, 6.07) is 6.45. The van der Waals surface area contributed by atoms with Gasteiger partial charge in [-0.3, -0.25) is 0 Å². The Labute approximate surface area is 95.2 Å². The van der Waals surface area contributed by atoms with E-state index in [1.54, 1.807) is 31.2 Å². The van der Waals surface area contributed by atoms with Crippen molar-refractivity contribution in [2.24, 2.45) is 5.73 Å². The maximum absolute atomic E-state index is 11.4. The van der Waals surface area contributed by atoms with Crippen LogP contribution in [0.3, 0.4) is 0 Å². The Morgan fingerprint density at radius 3 is 2.67 bits per heavy atom. The second-order valence-corrected chi connectivity index (χ2v) is 6.19. The topological polar surface area (TPSA) is 60.2 Å². The van der Waals surface area contributed by atoms with Crippen molar-refractivity contribution in [2.75, 3.05) is 11.5 Å². The molecule has 0 heterocycles. The Balaban J connectivity index is 2.82. The standard InChI is InChI=1S/C10H14ClNO2S/c1-2-15(13,14)7-10(12)8-4-3-5-9(11)6-8/h3-6,10H,2,7,12H2,1H3/t10-/m1/s1. The van der Waals surface area contributed by atoms with Crippen LogP contribution in [-0.2, 0) is 9.84 Å². The van der Waals surface area contributed by atoms with E-state index in [4.69, 9.17) is 17.3 Å². The maximum atomic E-state index is 11.4. The highest BCUT2D eigenvalue weighted by atomic mass is 35.5. The van der Waals surface area contributed by atoms with Gasteiger partial charge in [0.25, 0.3) is 0 Å². The fourth-order valence-electron chi connectivity index (χ4n) is 1.22. The summed E-state index contributed by atoms with van der Waals surface area (Å²) >= 11 is 5.79. The van der Waals surface area contributed by atoms with Crippen LogP contribution in [0.25, 0.3) is 0 Å². The van der Waals surface area contributed by atoms with Gasteiger partial charge in [0.15, 0.2) is 9.84 Å². The van der Waals surface area contributed by atoms with Crippen molar-refractivity contribution in [2.45, 2.75) is 13.0 Å². The first kappa shape index (κ1) is 12.5. The van der Waals surface area contributed by atoms with Crippen LogP contribution in [0.2, 0.25) is 5.02 Å². The van der Waals surface area contributed by atoms with Gasteiger partial charge in [0, 0.05) is 16.8 Å². The fourth-order valence-corrected chi connectivity index (χ4v) is 2.40. The number of nitrogens with two attached hydrogens (primary N) is 1. The molecule has 0 spiro atoms. The molecule has 0 radical (unpaired) electrons. The van der Waals surface area contributed by atoms with Crippen molar-refractivity contribution in [1.82, 2.24) is 0 Å². The third-order valence-corrected chi connectivity index (χ3v) is 4.13. The van der Waals surface area contributed by atoms with Crippen LogP contribution >= 0.6 is 11.6 Å². The Morgan fingerprint density at radius 2 is 2.13 bits per heavy atom. The van der Waals surface area contributed by atoms with E-state index in [0.717, 1.165) is 5.56 Å². The first-order valence-corrected chi connectivity index (χ1v) is 6.86. The van der Waals surface area contributed by atoms with E-state index in [-0.39, 0.29) is 11.5 Å². The van der Waals surface area contributed by atoms with E-state index in [0.29, 0.717) is 5.02 Å². The smallest absolute Gasteiger partial charge is 0.151 e. The highest BCUT2D eigenvalue weighted by Crippen LogP contribution is 2.17. The first-order chi connectivity index (χ1) is 6.94. The predicted molar refractivity (Wildman–Crippen MR) is 62.7 cm³/mol. The molecule has 0 fully saturated rings. The van der Waals surface area contributed by atoms with Crippen LogP contribution in [-0.4, -0.2) is 19.9 Å². The number of rotatable bonds is 4. The summed E-state index contributed by atoms with van der Waals surface area (Å²) in [6.07, 6.45) is 0. The summed E-state index contributed by atoms with van der Waals surface area (Å²) < 4.78 is 22.7. The Bertz CT molecular complexity index is 431. The first-order valence-electron chi connectivity index (χ1n) is 4.66. The monoisotopic (exact) mass is 247 g/mol. The van der Waals surface area contributed by atoms with E-state index in [2.05, 4.69) is 0 Å². The van der Waals surface area contributed by atoms with Gasteiger partial charge < -0.3 is 5.73 Å². The fraction of sp³-hybridized carbons (Fsp3) is 0.400. The number of hydrogen-bond donors (Lipinski definition) is 1. The molecule has 0 saturated heterocycles. The van der Waals surface area contributed by atoms with Crippen LogP contribution in [0.15, 0.2) is 24.3 Å². The minimum atomic E-state index is -3.05. The molecule has 1 rings (SSSR count). The minimum absolute atomic E-state index is 0.0379. The van der Waals surface area contributed by atoms with Gasteiger partial charge >= 0.3 is 0 Å². The molecule has 1 atom stereocenters. The molecular weight excluding hydrogens is 234 g/mol. The van der Waals surface area contributed by atoms with Gasteiger partial charge in [0.1, 0.15) is 0 Å². The van der Waals surface area contributed by atoms with E-state index in [1.807, 2.05) is 0 Å². The van der Waals surface area contributed by atoms with Gasteiger partial charge in [0.05, 0.1) is 5.75 Å². The lowest BCUT2D eigenvalue weighted by Gasteiger charge is -2.11. The normalized spacial score (nSPS) is 13.8. The van der Waals surface area contributed by atoms with E-state index in [9.17, 15) is 8.42 Å². The van der Waals surface area contributed by atoms with Crippen molar-refractivity contribution < 1.29 is 8.42 Å². The van der Waals surface area contributed by atoms with Gasteiger partial charge in [-0.1, -0.05) is 30.7 Å². The second kappa shape index (κ2) is 4.96. The molecule has 15 heavy (non-hydrogen) atoms. The number of benzene rings is 1. The Morgan fingerprint density at radius 1 is 1.47 bits per heavy atom. The largest absolute Gasteiger partial charge is 0.323 e. The quantitative estimate of drug-likeness (QED) is 0.882. The van der Waals surface area contributed by atoms with Crippen LogP contribution in [0.4, 0.5) is 0 Å². The molecule has 84 valence electrons. The third kappa shape index (κ3) is 3.81. The lowest BCUT2D eigenvalue weighted by molar-refractivity contribution is 0.590. The third-order valence-electron chi connectivity index (χ3n) is 2.15. The average molecular weight is 248 g/mol. The average Bonchev–Trinajstić information content (AvgIpc) is 2.17. The Hall–Kier alpha value is -0.580. The van der Waals surface area contributed by atoms with Gasteiger partial charge in [-0.2, -0.15) is 0 Å². The zero-order valence-electron chi connectivity index (χ0n) is 8.48. The molecule has 2 N–H and O–H groups in total. The van der Waals surface area contributed by atoms with Gasteiger partial charge in [-0.15, -0.1) is 0 Å². The van der Waals surface area contributed by atoms with Crippen LogP contribution in [0.1, 0.15) is 18.5 Å². The molecule has 0 aliphatic heterocycles. The SMILES string of the molecule is CCS(=O)(=O)C[C@@H](N)c1cccc(Cl)c1. The molecule has 5 heteroatoms. The summed E-state index contributed by atoms with van der Waals surface area (Å²) in [5.74, 6) is 0.0745. The highest BCUT2D eigenvalue weighted by Gasteiger charge is 2.15. The van der Waals surface area contributed by atoms with Gasteiger partial charge in [0.2, 0.25) is 0 Å². The molecular formula is C10H14ClNO2S. The second-order valence-electron chi connectivity index (χ2n) is 3.36. The molecule has 1 aromatic rings. The van der Waals surface area contributed by atoms with Gasteiger partial charge in [-0.05, 0) is 17.7 Å². The lowest BCUT2D eigenvalue weighted by Crippen LogP contribution is -2.22. The van der Waals surface area contributed by atoms with Crippen molar-refractivity contribution in [3.8, 4) is 0 Å². The summed E-state index contributed by atoms with van der Waals surface area (Å²) in [7, 11) is -3.05. The van der Waals surface area contributed by atoms with Crippen molar-refractivity contribution in [3.05, 3.63) is 34.9 Å².